The molecule has 8 N–H and O–H groups in total. The van der Waals surface area contributed by atoms with Gasteiger partial charge in [0.2, 0.25) is 0 Å². The van der Waals surface area contributed by atoms with Crippen LogP contribution in [0.2, 0.25) is 0 Å². The van der Waals surface area contributed by atoms with E-state index >= 15 is 0 Å². The molecule has 0 aliphatic heterocycles. The van der Waals surface area contributed by atoms with Gasteiger partial charge in [-0.1, -0.05) is 0 Å². The van der Waals surface area contributed by atoms with Crippen molar-refractivity contribution in [1.82, 2.24) is 0 Å². The van der Waals surface area contributed by atoms with Gasteiger partial charge in [-0.05, 0) is 0 Å². The predicted molar refractivity (Wildman–Crippen MR) is 93.5 cm³/mol. The summed E-state index contributed by atoms with van der Waals surface area (Å²) in [5.41, 5.74) is 0. The first-order valence-corrected chi connectivity index (χ1v) is 8.29. The first kappa shape index (κ1) is 30.0. The molecule has 0 aliphatic rings. The van der Waals surface area contributed by atoms with Gasteiger partial charge in [0.1, 0.15) is 0 Å². The summed E-state index contributed by atoms with van der Waals surface area (Å²) in [5, 5.41) is 68.1. The van der Waals surface area contributed by atoms with E-state index in [4.69, 9.17) is 40.9 Å². The van der Waals surface area contributed by atoms with Crippen LogP contribution >= 0.6 is 0 Å². The largest absolute Gasteiger partial charge is 0.481 e. The Morgan fingerprint density at radius 2 is 0.469 bits per heavy atom. The van der Waals surface area contributed by atoms with Crippen LogP contribution in [0.25, 0.3) is 0 Å². The number of carboxylic acid groups (broad SMARTS) is 8. The van der Waals surface area contributed by atoms with Crippen molar-refractivity contribution in [2.45, 2.75) is 25.7 Å². The molecule has 0 aromatic rings. The van der Waals surface area contributed by atoms with E-state index in [1.54, 1.807) is 0 Å². The molecule has 4 atom stereocenters. The topological polar surface area (TPSA) is 298 Å². The third-order valence-corrected chi connectivity index (χ3v) is 3.82. The van der Waals surface area contributed by atoms with Gasteiger partial charge in [-0.2, -0.15) is 0 Å². The van der Waals surface area contributed by atoms with Crippen LogP contribution in [0.5, 0.6) is 0 Å². The summed E-state index contributed by atoms with van der Waals surface area (Å²) in [6, 6.07) is 0. The van der Waals surface area contributed by atoms with Gasteiger partial charge in [0.05, 0.1) is 49.4 Å². The molecule has 0 radical (unpaired) electrons. The molecule has 4 unspecified atom stereocenters. The standard InChI is InChI=1S/2C8H10O8/c2*9-5(10)1-3(7(13)14)4(8(15)16)2-6(11)12/h2*3-4H,1-2H2,(H,9,10)(H,11,12)(H,13,14)(H,15,16). The summed E-state index contributed by atoms with van der Waals surface area (Å²) in [6.07, 6.45) is -3.72. The number of carboxylic acids is 8. The van der Waals surface area contributed by atoms with Crippen molar-refractivity contribution in [1.29, 1.82) is 0 Å². The van der Waals surface area contributed by atoms with Crippen LogP contribution in [0.15, 0.2) is 0 Å². The number of hydrogen-bond donors (Lipinski definition) is 8. The van der Waals surface area contributed by atoms with Crippen LogP contribution in [0.4, 0.5) is 0 Å². The Hall–Kier alpha value is -4.24. The minimum Gasteiger partial charge on any atom is -0.481 e. The van der Waals surface area contributed by atoms with Crippen LogP contribution < -0.4 is 0 Å². The Bertz CT molecular complexity index is 640. The summed E-state index contributed by atoms with van der Waals surface area (Å²) >= 11 is 0. The van der Waals surface area contributed by atoms with Crippen molar-refractivity contribution < 1.29 is 79.2 Å². The summed E-state index contributed by atoms with van der Waals surface area (Å²) in [4.78, 5) is 83.9. The Labute approximate surface area is 177 Å². The average molecular weight is 468 g/mol. The molecular formula is C16H20O16. The molecule has 16 nitrogen and oxygen atoms in total. The van der Waals surface area contributed by atoms with E-state index in [1.807, 2.05) is 0 Å². The monoisotopic (exact) mass is 468 g/mol. The highest BCUT2D eigenvalue weighted by atomic mass is 16.4. The van der Waals surface area contributed by atoms with Gasteiger partial charge in [-0.3, -0.25) is 38.4 Å². The summed E-state index contributed by atoms with van der Waals surface area (Å²) in [5.74, 6) is -19.6. The maximum atomic E-state index is 10.6. The third-order valence-electron chi connectivity index (χ3n) is 3.82. The maximum Gasteiger partial charge on any atom is 0.307 e. The molecule has 180 valence electrons. The highest BCUT2D eigenvalue weighted by molar-refractivity contribution is 5.87. The molecular weight excluding hydrogens is 448 g/mol. The molecule has 0 spiro atoms. The summed E-state index contributed by atoms with van der Waals surface area (Å²) < 4.78 is 0. The quantitative estimate of drug-likeness (QED) is 0.146. The lowest BCUT2D eigenvalue weighted by Gasteiger charge is -2.16. The molecule has 0 saturated heterocycles. The van der Waals surface area contributed by atoms with E-state index < -0.39 is 97.1 Å². The van der Waals surface area contributed by atoms with Gasteiger partial charge < -0.3 is 40.9 Å². The summed E-state index contributed by atoms with van der Waals surface area (Å²) in [7, 11) is 0. The molecule has 0 aliphatic carbocycles. The predicted octanol–water partition coefficient (Wildman–Crippen LogP) is -1.33. The Morgan fingerprint density at radius 3 is 0.531 bits per heavy atom. The highest BCUT2D eigenvalue weighted by Gasteiger charge is 2.38. The molecule has 0 aromatic heterocycles. The van der Waals surface area contributed by atoms with Gasteiger partial charge in [-0.15, -0.1) is 0 Å². The van der Waals surface area contributed by atoms with Crippen LogP contribution in [0.3, 0.4) is 0 Å². The van der Waals surface area contributed by atoms with E-state index in [-0.39, 0.29) is 0 Å². The lowest BCUT2D eigenvalue weighted by atomic mass is 9.87. The lowest BCUT2D eigenvalue weighted by molar-refractivity contribution is -0.160. The fourth-order valence-corrected chi connectivity index (χ4v) is 2.36. The van der Waals surface area contributed by atoms with Crippen LogP contribution in [0.1, 0.15) is 25.7 Å². The number of hydrogen-bond acceptors (Lipinski definition) is 8. The second-order valence-corrected chi connectivity index (χ2v) is 6.17. The normalized spacial score (nSPS) is 13.8. The fourth-order valence-electron chi connectivity index (χ4n) is 2.36. The van der Waals surface area contributed by atoms with Crippen LogP contribution in [0, 0.1) is 23.7 Å². The lowest BCUT2D eigenvalue weighted by Crippen LogP contribution is -2.33. The van der Waals surface area contributed by atoms with E-state index in [0.717, 1.165) is 0 Å². The molecule has 0 saturated carbocycles. The van der Waals surface area contributed by atoms with Gasteiger partial charge in [-0.25, -0.2) is 0 Å². The zero-order chi connectivity index (χ0) is 25.8. The number of aliphatic carboxylic acids is 8. The average Bonchev–Trinajstić information content (AvgIpc) is 2.59. The molecule has 0 bridgehead atoms. The van der Waals surface area contributed by atoms with Crippen molar-refractivity contribution in [3.8, 4) is 0 Å². The first-order chi connectivity index (χ1) is 14.5. The molecule has 0 rings (SSSR count). The zero-order valence-electron chi connectivity index (χ0n) is 16.0. The smallest absolute Gasteiger partial charge is 0.307 e. The molecule has 16 heteroatoms. The van der Waals surface area contributed by atoms with E-state index in [0.29, 0.717) is 0 Å². The molecule has 0 heterocycles. The SMILES string of the molecule is O=C(O)CC(C(=O)O)C(CC(=O)O)C(=O)O.O=C(O)CC(C(=O)O)C(CC(=O)O)C(=O)O. The van der Waals surface area contributed by atoms with E-state index in [1.165, 1.54) is 0 Å². The number of rotatable bonds is 14. The van der Waals surface area contributed by atoms with Gasteiger partial charge in [0.15, 0.2) is 0 Å². The van der Waals surface area contributed by atoms with Crippen molar-refractivity contribution in [3.05, 3.63) is 0 Å². The van der Waals surface area contributed by atoms with Crippen LogP contribution in [-0.2, 0) is 38.4 Å². The first-order valence-electron chi connectivity index (χ1n) is 8.29. The molecule has 0 fully saturated rings. The van der Waals surface area contributed by atoms with Crippen molar-refractivity contribution in [2.75, 3.05) is 0 Å². The second kappa shape index (κ2) is 13.9. The van der Waals surface area contributed by atoms with Crippen molar-refractivity contribution in [2.24, 2.45) is 23.7 Å². The van der Waals surface area contributed by atoms with Crippen molar-refractivity contribution >= 4 is 47.8 Å². The van der Waals surface area contributed by atoms with E-state index in [2.05, 4.69) is 0 Å². The number of carbonyl (C=O) groups is 8. The van der Waals surface area contributed by atoms with Gasteiger partial charge >= 0.3 is 47.8 Å². The van der Waals surface area contributed by atoms with E-state index in [9.17, 15) is 38.4 Å². The fraction of sp³-hybridized carbons (Fsp3) is 0.500. The second-order valence-electron chi connectivity index (χ2n) is 6.17. The van der Waals surface area contributed by atoms with Gasteiger partial charge in [0.25, 0.3) is 0 Å². The Balaban J connectivity index is 0. The summed E-state index contributed by atoms with van der Waals surface area (Å²) in [6.45, 7) is 0. The van der Waals surface area contributed by atoms with Gasteiger partial charge in [0, 0.05) is 0 Å². The molecule has 0 amide bonds. The minimum absolute atomic E-state index is 0.931. The Morgan fingerprint density at radius 1 is 0.344 bits per heavy atom. The zero-order valence-corrected chi connectivity index (χ0v) is 16.0. The molecule has 32 heavy (non-hydrogen) atoms. The van der Waals surface area contributed by atoms with Crippen LogP contribution in [-0.4, -0.2) is 88.6 Å². The minimum atomic E-state index is -1.76. The maximum absolute atomic E-state index is 10.6. The Kier molecular flexibility index (Phi) is 13.0. The molecule has 0 aromatic carbocycles. The van der Waals surface area contributed by atoms with Crippen molar-refractivity contribution in [3.63, 3.8) is 0 Å². The third kappa shape index (κ3) is 12.3. The highest BCUT2D eigenvalue weighted by Crippen LogP contribution is 2.21.